The lowest BCUT2D eigenvalue weighted by Gasteiger charge is -2.07. The fourth-order valence-corrected chi connectivity index (χ4v) is 1.29. The summed E-state index contributed by atoms with van der Waals surface area (Å²) >= 11 is 0. The first-order valence-electron chi connectivity index (χ1n) is 4.48. The highest BCUT2D eigenvalue weighted by Crippen LogP contribution is 2.24. The monoisotopic (exact) mass is 203 g/mol. The Kier molecular flexibility index (Phi) is 3.29. The zero-order valence-corrected chi connectivity index (χ0v) is 8.58. The molecular weight excluding hydrogens is 190 g/mol. The third kappa shape index (κ3) is 2.07. The van der Waals surface area contributed by atoms with Gasteiger partial charge in [-0.1, -0.05) is 25.3 Å². The smallest absolute Gasteiger partial charge is 0.254 e. The van der Waals surface area contributed by atoms with Crippen LogP contribution in [0.5, 0.6) is 5.75 Å². The fourth-order valence-electron chi connectivity index (χ4n) is 1.29. The molecule has 0 aliphatic carbocycles. The van der Waals surface area contributed by atoms with E-state index >= 15 is 0 Å². The van der Waals surface area contributed by atoms with Crippen LogP contribution in [-0.4, -0.2) is 18.1 Å². The molecule has 0 heterocycles. The van der Waals surface area contributed by atoms with Gasteiger partial charge in [0.1, 0.15) is 5.75 Å². The maximum atomic E-state index is 11.4. The molecule has 1 aromatic carbocycles. The molecule has 0 aliphatic heterocycles. The van der Waals surface area contributed by atoms with Crippen molar-refractivity contribution in [1.82, 2.24) is 5.32 Å². The zero-order chi connectivity index (χ0) is 11.4. The van der Waals surface area contributed by atoms with Crippen LogP contribution in [0.2, 0.25) is 0 Å². The quantitative estimate of drug-likeness (QED) is 0.789. The summed E-state index contributed by atoms with van der Waals surface area (Å²) < 4.78 is 0. The number of phenolic OH excluding ortho intramolecular Hbond substituents is 1. The van der Waals surface area contributed by atoms with Crippen LogP contribution in [0.1, 0.15) is 21.5 Å². The highest BCUT2D eigenvalue weighted by atomic mass is 16.3. The van der Waals surface area contributed by atoms with Crippen molar-refractivity contribution in [3.63, 3.8) is 0 Å². The van der Waals surface area contributed by atoms with Crippen molar-refractivity contribution >= 4 is 18.1 Å². The molecule has 0 aromatic heterocycles. The first kappa shape index (κ1) is 11.0. The third-order valence-corrected chi connectivity index (χ3v) is 2.11. The van der Waals surface area contributed by atoms with E-state index in [1.807, 2.05) is 0 Å². The molecule has 0 radical (unpaired) electrons. The number of aromatic hydroxyl groups is 1. The summed E-state index contributed by atoms with van der Waals surface area (Å²) in [5.74, 6) is -0.388. The molecule has 1 rings (SSSR count). The Hall–Kier alpha value is -2.03. The second kappa shape index (κ2) is 4.46. The lowest BCUT2D eigenvalue weighted by molar-refractivity contribution is 0.0960. The Morgan fingerprint density at radius 2 is 1.87 bits per heavy atom. The van der Waals surface area contributed by atoms with Crippen molar-refractivity contribution in [3.8, 4) is 5.75 Å². The fraction of sp³-hybridized carbons (Fsp3) is 0.0833. The minimum Gasteiger partial charge on any atom is -0.507 e. The number of nitrogens with one attached hydrogen (secondary N) is 1. The maximum absolute atomic E-state index is 11.4. The average Bonchev–Trinajstić information content (AvgIpc) is 2.27. The molecule has 0 fully saturated rings. The highest BCUT2D eigenvalue weighted by molar-refractivity contribution is 5.97. The first-order valence-corrected chi connectivity index (χ1v) is 4.48. The van der Waals surface area contributed by atoms with Gasteiger partial charge in [-0.15, -0.1) is 0 Å². The minimum absolute atomic E-state index is 0.0603. The van der Waals surface area contributed by atoms with Crippen LogP contribution >= 0.6 is 0 Å². The number of amides is 1. The molecular formula is C12H13NO2. The van der Waals surface area contributed by atoms with E-state index in [4.69, 9.17) is 0 Å². The van der Waals surface area contributed by atoms with Crippen LogP contribution in [0, 0.1) is 0 Å². The number of hydrogen-bond acceptors (Lipinski definition) is 2. The Bertz CT molecular complexity index is 422. The van der Waals surface area contributed by atoms with Crippen molar-refractivity contribution in [2.45, 2.75) is 0 Å². The van der Waals surface area contributed by atoms with Crippen LogP contribution in [-0.2, 0) is 0 Å². The molecule has 0 atom stereocenters. The molecule has 0 saturated heterocycles. The SMILES string of the molecule is C=Cc1cc(O)c(C(=O)NC)cc1C=C. The third-order valence-electron chi connectivity index (χ3n) is 2.11. The Labute approximate surface area is 88.7 Å². The van der Waals surface area contributed by atoms with E-state index in [1.165, 1.54) is 13.1 Å². The molecule has 0 bridgehead atoms. The highest BCUT2D eigenvalue weighted by Gasteiger charge is 2.11. The topological polar surface area (TPSA) is 49.3 Å². The number of phenols is 1. The molecule has 0 saturated carbocycles. The van der Waals surface area contributed by atoms with E-state index in [-0.39, 0.29) is 17.2 Å². The van der Waals surface area contributed by atoms with Crippen molar-refractivity contribution in [1.29, 1.82) is 0 Å². The zero-order valence-electron chi connectivity index (χ0n) is 8.58. The largest absolute Gasteiger partial charge is 0.507 e. The summed E-state index contributed by atoms with van der Waals surface area (Å²) in [4.78, 5) is 11.4. The van der Waals surface area contributed by atoms with Gasteiger partial charge in [0.05, 0.1) is 5.56 Å². The summed E-state index contributed by atoms with van der Waals surface area (Å²) in [6, 6.07) is 3.08. The van der Waals surface area contributed by atoms with Gasteiger partial charge in [0, 0.05) is 7.05 Å². The summed E-state index contributed by atoms with van der Waals surface area (Å²) in [5, 5.41) is 12.1. The summed E-state index contributed by atoms with van der Waals surface area (Å²) in [6.45, 7) is 7.25. The number of carbonyl (C=O) groups is 1. The van der Waals surface area contributed by atoms with Crippen LogP contribution in [0.15, 0.2) is 25.3 Å². The normalized spacial score (nSPS) is 9.40. The predicted octanol–water partition coefficient (Wildman–Crippen LogP) is 2.04. The van der Waals surface area contributed by atoms with Gasteiger partial charge in [-0.25, -0.2) is 0 Å². The summed E-state index contributed by atoms with van der Waals surface area (Å²) in [7, 11) is 1.51. The number of rotatable bonds is 3. The van der Waals surface area contributed by atoms with Gasteiger partial charge in [0.2, 0.25) is 0 Å². The van der Waals surface area contributed by atoms with Crippen molar-refractivity contribution in [2.24, 2.45) is 0 Å². The van der Waals surface area contributed by atoms with Crippen LogP contribution in [0.4, 0.5) is 0 Å². The molecule has 15 heavy (non-hydrogen) atoms. The molecule has 1 amide bonds. The Balaban J connectivity index is 3.37. The molecule has 78 valence electrons. The minimum atomic E-state index is -0.328. The van der Waals surface area contributed by atoms with E-state index in [0.29, 0.717) is 0 Å². The lowest BCUT2D eigenvalue weighted by Crippen LogP contribution is -2.18. The van der Waals surface area contributed by atoms with Gasteiger partial charge >= 0.3 is 0 Å². The predicted molar refractivity (Wildman–Crippen MR) is 61.7 cm³/mol. The van der Waals surface area contributed by atoms with E-state index < -0.39 is 0 Å². The number of carbonyl (C=O) groups excluding carboxylic acids is 1. The van der Waals surface area contributed by atoms with Crippen LogP contribution < -0.4 is 5.32 Å². The van der Waals surface area contributed by atoms with Gasteiger partial charge in [-0.05, 0) is 23.3 Å². The molecule has 1 aromatic rings. The van der Waals surface area contributed by atoms with Gasteiger partial charge < -0.3 is 10.4 Å². The second-order valence-corrected chi connectivity index (χ2v) is 2.99. The molecule has 3 nitrogen and oxygen atoms in total. The van der Waals surface area contributed by atoms with E-state index in [2.05, 4.69) is 18.5 Å². The standard InChI is InChI=1S/C12H13NO2/c1-4-8-6-10(12(15)13-3)11(14)7-9(8)5-2/h4-7,14H,1-2H2,3H3,(H,13,15). The Morgan fingerprint density at radius 3 is 2.33 bits per heavy atom. The number of benzene rings is 1. The van der Waals surface area contributed by atoms with Gasteiger partial charge in [-0.3, -0.25) is 4.79 Å². The Morgan fingerprint density at radius 1 is 1.33 bits per heavy atom. The molecule has 2 N–H and O–H groups in total. The van der Waals surface area contributed by atoms with Gasteiger partial charge in [0.15, 0.2) is 0 Å². The molecule has 0 unspecified atom stereocenters. The lowest BCUT2D eigenvalue weighted by atomic mass is 10.0. The van der Waals surface area contributed by atoms with Crippen molar-refractivity contribution in [2.75, 3.05) is 7.05 Å². The summed E-state index contributed by atoms with van der Waals surface area (Å²) in [5.41, 5.74) is 1.74. The van der Waals surface area contributed by atoms with Gasteiger partial charge in [0.25, 0.3) is 5.91 Å². The van der Waals surface area contributed by atoms with Crippen molar-refractivity contribution < 1.29 is 9.90 Å². The molecule has 0 aliphatic rings. The second-order valence-electron chi connectivity index (χ2n) is 2.99. The van der Waals surface area contributed by atoms with E-state index in [9.17, 15) is 9.90 Å². The van der Waals surface area contributed by atoms with Crippen LogP contribution in [0.3, 0.4) is 0 Å². The van der Waals surface area contributed by atoms with Crippen LogP contribution in [0.25, 0.3) is 12.2 Å². The number of hydrogen-bond donors (Lipinski definition) is 2. The van der Waals surface area contributed by atoms with Crippen molar-refractivity contribution in [3.05, 3.63) is 42.0 Å². The maximum Gasteiger partial charge on any atom is 0.254 e. The van der Waals surface area contributed by atoms with E-state index in [0.717, 1.165) is 11.1 Å². The average molecular weight is 203 g/mol. The van der Waals surface area contributed by atoms with E-state index in [1.54, 1.807) is 18.2 Å². The molecule has 0 spiro atoms. The summed E-state index contributed by atoms with van der Waals surface area (Å²) in [6.07, 6.45) is 3.22. The molecule has 3 heteroatoms. The first-order chi connectivity index (χ1) is 7.13. The van der Waals surface area contributed by atoms with Gasteiger partial charge in [-0.2, -0.15) is 0 Å².